The van der Waals surface area contributed by atoms with Gasteiger partial charge in [0.05, 0.1) is 19.7 Å². The van der Waals surface area contributed by atoms with Crippen LogP contribution in [0.4, 0.5) is 0 Å². The number of carbonyl (C=O) groups is 2. The second-order valence-electron chi connectivity index (χ2n) is 6.92. The van der Waals surface area contributed by atoms with Crippen LogP contribution in [0.5, 0.6) is 0 Å². The first-order chi connectivity index (χ1) is 11.9. The van der Waals surface area contributed by atoms with Crippen molar-refractivity contribution in [2.24, 2.45) is 0 Å². The molecule has 1 aromatic rings. The fourth-order valence-electron chi connectivity index (χ4n) is 3.51. The van der Waals surface area contributed by atoms with Gasteiger partial charge in [0.1, 0.15) is 11.6 Å². The van der Waals surface area contributed by atoms with Crippen molar-refractivity contribution < 1.29 is 14.3 Å². The SMILES string of the molecule is CNC(=O)C1COC2(CN(C(=O)CCc3ccc(Cl)cc3)C2)CN1C. The van der Waals surface area contributed by atoms with Crippen molar-refractivity contribution >= 4 is 23.4 Å². The summed E-state index contributed by atoms with van der Waals surface area (Å²) < 4.78 is 5.95. The molecule has 2 aliphatic heterocycles. The van der Waals surface area contributed by atoms with E-state index in [-0.39, 0.29) is 23.5 Å². The molecule has 0 radical (unpaired) electrons. The molecule has 1 aromatic carbocycles. The number of nitrogens with zero attached hydrogens (tertiary/aromatic N) is 2. The number of ether oxygens (including phenoxy) is 1. The highest BCUT2D eigenvalue weighted by Crippen LogP contribution is 2.31. The largest absolute Gasteiger partial charge is 0.368 e. The van der Waals surface area contributed by atoms with Gasteiger partial charge in [0.2, 0.25) is 11.8 Å². The molecule has 7 heteroatoms. The van der Waals surface area contributed by atoms with E-state index in [4.69, 9.17) is 16.3 Å². The summed E-state index contributed by atoms with van der Waals surface area (Å²) >= 11 is 5.87. The first-order valence-corrected chi connectivity index (χ1v) is 8.88. The lowest BCUT2D eigenvalue weighted by Gasteiger charge is -2.54. The minimum Gasteiger partial charge on any atom is -0.368 e. The molecule has 0 aliphatic carbocycles. The van der Waals surface area contributed by atoms with Crippen LogP contribution in [0, 0.1) is 0 Å². The molecule has 2 fully saturated rings. The van der Waals surface area contributed by atoms with Gasteiger partial charge >= 0.3 is 0 Å². The summed E-state index contributed by atoms with van der Waals surface area (Å²) in [7, 11) is 3.56. The topological polar surface area (TPSA) is 61.9 Å². The van der Waals surface area contributed by atoms with E-state index in [2.05, 4.69) is 5.32 Å². The highest BCUT2D eigenvalue weighted by atomic mass is 35.5. The van der Waals surface area contributed by atoms with Crippen LogP contribution >= 0.6 is 11.6 Å². The Morgan fingerprint density at radius 1 is 1.28 bits per heavy atom. The second kappa shape index (κ2) is 7.32. The Balaban J connectivity index is 1.46. The highest BCUT2D eigenvalue weighted by Gasteiger charge is 2.50. The van der Waals surface area contributed by atoms with Gasteiger partial charge in [-0.1, -0.05) is 23.7 Å². The van der Waals surface area contributed by atoms with Gasteiger partial charge in [-0.25, -0.2) is 0 Å². The normalized spacial score (nSPS) is 22.5. The number of halogens is 1. The zero-order valence-electron chi connectivity index (χ0n) is 14.6. The maximum Gasteiger partial charge on any atom is 0.239 e. The van der Waals surface area contributed by atoms with Gasteiger partial charge in [-0.2, -0.15) is 0 Å². The fourth-order valence-corrected chi connectivity index (χ4v) is 3.64. The Kier molecular flexibility index (Phi) is 5.32. The van der Waals surface area contributed by atoms with E-state index in [1.165, 1.54) is 0 Å². The smallest absolute Gasteiger partial charge is 0.239 e. The van der Waals surface area contributed by atoms with E-state index in [1.807, 2.05) is 41.1 Å². The molecular formula is C18H24ClN3O3. The molecule has 3 rings (SSSR count). The van der Waals surface area contributed by atoms with Crippen molar-refractivity contribution in [1.82, 2.24) is 15.1 Å². The predicted molar refractivity (Wildman–Crippen MR) is 95.5 cm³/mol. The van der Waals surface area contributed by atoms with Gasteiger partial charge in [0.25, 0.3) is 0 Å². The van der Waals surface area contributed by atoms with E-state index < -0.39 is 0 Å². The zero-order chi connectivity index (χ0) is 18.0. The van der Waals surface area contributed by atoms with E-state index in [9.17, 15) is 9.59 Å². The molecule has 2 heterocycles. The highest BCUT2D eigenvalue weighted by molar-refractivity contribution is 6.30. The van der Waals surface area contributed by atoms with Crippen LogP contribution < -0.4 is 5.32 Å². The van der Waals surface area contributed by atoms with Gasteiger partial charge in [0, 0.05) is 25.0 Å². The summed E-state index contributed by atoms with van der Waals surface area (Å²) in [5.74, 6) is 0.104. The monoisotopic (exact) mass is 365 g/mol. The lowest BCUT2D eigenvalue weighted by molar-refractivity contribution is -0.201. The minimum atomic E-state index is -0.324. The molecule has 25 heavy (non-hydrogen) atoms. The first kappa shape index (κ1) is 18.2. The molecule has 0 aromatic heterocycles. The molecule has 0 saturated carbocycles. The van der Waals surface area contributed by atoms with Gasteiger partial charge in [-0.15, -0.1) is 0 Å². The van der Waals surface area contributed by atoms with Gasteiger partial charge in [0.15, 0.2) is 0 Å². The molecule has 2 amide bonds. The molecule has 0 bridgehead atoms. The Bertz CT molecular complexity index is 643. The molecular weight excluding hydrogens is 342 g/mol. The molecule has 6 nitrogen and oxygen atoms in total. The quantitative estimate of drug-likeness (QED) is 0.862. The lowest BCUT2D eigenvalue weighted by atomic mass is 9.90. The number of nitrogens with one attached hydrogen (secondary N) is 1. The Labute approximate surface area is 153 Å². The molecule has 1 unspecified atom stereocenters. The number of morpholine rings is 1. The number of rotatable bonds is 4. The maximum atomic E-state index is 12.4. The number of likely N-dealkylation sites (N-methyl/N-ethyl adjacent to an activating group) is 2. The van der Waals surface area contributed by atoms with Crippen LogP contribution in [0.15, 0.2) is 24.3 Å². The Morgan fingerprint density at radius 2 is 1.96 bits per heavy atom. The zero-order valence-corrected chi connectivity index (χ0v) is 15.4. The van der Waals surface area contributed by atoms with Gasteiger partial charge in [-0.3, -0.25) is 14.5 Å². The molecule has 136 valence electrons. The number of benzene rings is 1. The number of amides is 2. The third-order valence-electron chi connectivity index (χ3n) is 5.02. The fraction of sp³-hybridized carbons (Fsp3) is 0.556. The molecule has 1 atom stereocenters. The molecule has 2 aliphatic rings. The summed E-state index contributed by atoms with van der Waals surface area (Å²) in [4.78, 5) is 28.0. The van der Waals surface area contributed by atoms with E-state index in [0.717, 1.165) is 5.56 Å². The number of hydrogen-bond acceptors (Lipinski definition) is 4. The van der Waals surface area contributed by atoms with E-state index in [0.29, 0.717) is 44.1 Å². The summed E-state index contributed by atoms with van der Waals surface area (Å²) in [6.07, 6.45) is 1.19. The Morgan fingerprint density at radius 3 is 2.56 bits per heavy atom. The summed E-state index contributed by atoms with van der Waals surface area (Å²) in [6.45, 7) is 2.21. The minimum absolute atomic E-state index is 0.0347. The third kappa shape index (κ3) is 3.97. The number of hydrogen-bond donors (Lipinski definition) is 1. The number of carbonyl (C=O) groups excluding carboxylic acids is 2. The van der Waals surface area contributed by atoms with Crippen molar-refractivity contribution in [3.8, 4) is 0 Å². The van der Waals surface area contributed by atoms with Crippen molar-refractivity contribution in [2.45, 2.75) is 24.5 Å². The van der Waals surface area contributed by atoms with E-state index in [1.54, 1.807) is 7.05 Å². The van der Waals surface area contributed by atoms with Gasteiger partial charge in [-0.05, 0) is 31.2 Å². The molecule has 2 saturated heterocycles. The number of likely N-dealkylation sites (tertiary alicyclic amines) is 1. The number of aryl methyl sites for hydroxylation is 1. The van der Waals surface area contributed by atoms with Crippen molar-refractivity contribution in [1.29, 1.82) is 0 Å². The maximum absolute atomic E-state index is 12.4. The van der Waals surface area contributed by atoms with Gasteiger partial charge < -0.3 is 15.0 Å². The van der Waals surface area contributed by atoms with Crippen LogP contribution in [-0.4, -0.2) is 73.6 Å². The Hall–Kier alpha value is -1.63. The van der Waals surface area contributed by atoms with Crippen LogP contribution in [0.25, 0.3) is 0 Å². The predicted octanol–water partition coefficient (Wildman–Crippen LogP) is 0.930. The van der Waals surface area contributed by atoms with Crippen LogP contribution in [0.3, 0.4) is 0 Å². The van der Waals surface area contributed by atoms with Crippen LogP contribution in [0.2, 0.25) is 5.02 Å². The summed E-state index contributed by atoms with van der Waals surface area (Å²) in [6, 6.07) is 7.32. The average molecular weight is 366 g/mol. The third-order valence-corrected chi connectivity index (χ3v) is 5.27. The van der Waals surface area contributed by atoms with Crippen LogP contribution in [0.1, 0.15) is 12.0 Å². The first-order valence-electron chi connectivity index (χ1n) is 8.50. The molecule has 1 N–H and O–H groups in total. The molecule has 1 spiro atoms. The van der Waals surface area contributed by atoms with E-state index >= 15 is 0 Å². The standard InChI is InChI=1S/C18H24ClN3O3/c1-20-17(24)15-9-25-18(10-21(15)2)11-22(12-18)16(23)8-5-13-3-6-14(19)7-4-13/h3-4,6-7,15H,5,8-12H2,1-2H3,(H,20,24). The van der Waals surface area contributed by atoms with Crippen LogP contribution in [-0.2, 0) is 20.7 Å². The van der Waals surface area contributed by atoms with Crippen molar-refractivity contribution in [2.75, 3.05) is 40.3 Å². The van der Waals surface area contributed by atoms with Crippen molar-refractivity contribution in [3.05, 3.63) is 34.9 Å². The average Bonchev–Trinajstić information content (AvgIpc) is 2.58. The van der Waals surface area contributed by atoms with Crippen molar-refractivity contribution in [3.63, 3.8) is 0 Å². The summed E-state index contributed by atoms with van der Waals surface area (Å²) in [5.41, 5.74) is 0.782. The summed E-state index contributed by atoms with van der Waals surface area (Å²) in [5, 5.41) is 3.36. The second-order valence-corrected chi connectivity index (χ2v) is 7.35. The lowest BCUT2D eigenvalue weighted by Crippen LogP contribution is -2.73.